The minimum atomic E-state index is -0.967. The van der Waals surface area contributed by atoms with E-state index in [0.29, 0.717) is 17.1 Å². The molecule has 1 aliphatic rings. The first kappa shape index (κ1) is 15.3. The number of carboxylic acid groups (broad SMARTS) is 1. The van der Waals surface area contributed by atoms with Gasteiger partial charge in [0, 0.05) is 17.8 Å². The molecule has 6 nitrogen and oxygen atoms in total. The van der Waals surface area contributed by atoms with Crippen LogP contribution in [0.3, 0.4) is 0 Å². The highest BCUT2D eigenvalue weighted by molar-refractivity contribution is 6.30. The number of hydrogen-bond donors (Lipinski definition) is 2. The molecule has 0 radical (unpaired) electrons. The third kappa shape index (κ3) is 3.95. The Kier molecular flexibility index (Phi) is 4.47. The predicted octanol–water partition coefficient (Wildman–Crippen LogP) is 1.46. The van der Waals surface area contributed by atoms with Crippen LogP contribution < -0.4 is 5.32 Å². The van der Waals surface area contributed by atoms with Crippen molar-refractivity contribution in [3.05, 3.63) is 29.3 Å². The van der Waals surface area contributed by atoms with Crippen LogP contribution in [-0.2, 0) is 14.4 Å². The summed E-state index contributed by atoms with van der Waals surface area (Å²) < 4.78 is 0. The number of nitrogens with one attached hydrogen (secondary N) is 1. The van der Waals surface area contributed by atoms with E-state index in [4.69, 9.17) is 16.7 Å². The van der Waals surface area contributed by atoms with Crippen LogP contribution in [0.5, 0.6) is 0 Å². The van der Waals surface area contributed by atoms with Crippen LogP contribution in [0.25, 0.3) is 0 Å². The van der Waals surface area contributed by atoms with Gasteiger partial charge in [-0.1, -0.05) is 17.7 Å². The number of nitrogens with zero attached hydrogens (tertiary/aromatic N) is 1. The van der Waals surface area contributed by atoms with Crippen LogP contribution in [0.1, 0.15) is 6.42 Å². The van der Waals surface area contributed by atoms with E-state index >= 15 is 0 Å². The number of carbonyl (C=O) groups is 3. The summed E-state index contributed by atoms with van der Waals surface area (Å²) in [6.07, 6.45) is 0.342. The van der Waals surface area contributed by atoms with E-state index in [1.807, 2.05) is 0 Å². The van der Waals surface area contributed by atoms with Gasteiger partial charge in [0.05, 0.1) is 18.4 Å². The van der Waals surface area contributed by atoms with Crippen molar-refractivity contribution in [3.63, 3.8) is 0 Å². The molecule has 0 bridgehead atoms. The van der Waals surface area contributed by atoms with Gasteiger partial charge in [-0.2, -0.15) is 0 Å². The molecule has 1 aromatic carbocycles. The molecule has 2 amide bonds. The molecule has 1 fully saturated rings. The third-order valence-electron chi connectivity index (χ3n) is 3.29. The second-order valence-corrected chi connectivity index (χ2v) is 5.48. The smallest absolute Gasteiger partial charge is 0.307 e. The second-order valence-electron chi connectivity index (χ2n) is 5.04. The number of likely N-dealkylation sites (N-methyl/N-ethyl adjacent to an activating group) is 1. The van der Waals surface area contributed by atoms with Crippen LogP contribution in [-0.4, -0.2) is 41.4 Å². The van der Waals surface area contributed by atoms with Gasteiger partial charge in [0.1, 0.15) is 0 Å². The summed E-state index contributed by atoms with van der Waals surface area (Å²) in [6.45, 7) is -0.131. The Hall–Kier alpha value is -2.08. The average Bonchev–Trinajstić information content (AvgIpc) is 3.17. The Balaban J connectivity index is 1.85. The molecule has 0 aromatic heterocycles. The SMILES string of the molecule is CN(CC(=O)Nc1cccc(Cl)c1)C(=O)C1CC1C(=O)O. The van der Waals surface area contributed by atoms with Gasteiger partial charge in [0.2, 0.25) is 11.8 Å². The van der Waals surface area contributed by atoms with E-state index in [-0.39, 0.29) is 18.4 Å². The first-order valence-corrected chi connectivity index (χ1v) is 6.79. The molecule has 0 saturated heterocycles. The zero-order valence-corrected chi connectivity index (χ0v) is 12.1. The molecule has 1 saturated carbocycles. The number of benzene rings is 1. The molecule has 112 valence electrons. The molecule has 0 aliphatic heterocycles. The zero-order valence-electron chi connectivity index (χ0n) is 11.4. The lowest BCUT2D eigenvalue weighted by Crippen LogP contribution is -2.36. The largest absolute Gasteiger partial charge is 0.481 e. The van der Waals surface area contributed by atoms with Gasteiger partial charge in [-0.15, -0.1) is 0 Å². The maximum absolute atomic E-state index is 11.9. The monoisotopic (exact) mass is 310 g/mol. The summed E-state index contributed by atoms with van der Waals surface area (Å²) in [5, 5.41) is 11.9. The molecule has 7 heteroatoms. The van der Waals surface area contributed by atoms with E-state index in [9.17, 15) is 14.4 Å². The summed E-state index contributed by atoms with van der Waals surface area (Å²) >= 11 is 5.81. The van der Waals surface area contributed by atoms with Gasteiger partial charge in [-0.3, -0.25) is 14.4 Å². The molecule has 2 rings (SSSR count). The van der Waals surface area contributed by atoms with Crippen molar-refractivity contribution < 1.29 is 19.5 Å². The Morgan fingerprint density at radius 1 is 1.38 bits per heavy atom. The zero-order chi connectivity index (χ0) is 15.6. The fraction of sp³-hybridized carbons (Fsp3) is 0.357. The number of halogens is 1. The highest BCUT2D eigenvalue weighted by Gasteiger charge is 2.49. The first-order chi connectivity index (χ1) is 9.88. The molecule has 0 heterocycles. The Labute approximate surface area is 126 Å². The average molecular weight is 311 g/mol. The van der Waals surface area contributed by atoms with Gasteiger partial charge >= 0.3 is 5.97 Å². The second kappa shape index (κ2) is 6.13. The number of aliphatic carboxylic acids is 1. The number of carbonyl (C=O) groups excluding carboxylic acids is 2. The Morgan fingerprint density at radius 2 is 2.10 bits per heavy atom. The summed E-state index contributed by atoms with van der Waals surface area (Å²) in [5.74, 6) is -2.77. The van der Waals surface area contributed by atoms with Crippen LogP contribution in [0.2, 0.25) is 5.02 Å². The maximum Gasteiger partial charge on any atom is 0.307 e. The van der Waals surface area contributed by atoms with E-state index in [0.717, 1.165) is 0 Å². The quantitative estimate of drug-likeness (QED) is 0.862. The molecule has 2 atom stereocenters. The lowest BCUT2D eigenvalue weighted by molar-refractivity contribution is -0.141. The van der Waals surface area contributed by atoms with Crippen molar-refractivity contribution in [3.8, 4) is 0 Å². The molecule has 1 aromatic rings. The fourth-order valence-corrected chi connectivity index (χ4v) is 2.27. The van der Waals surface area contributed by atoms with Crippen molar-refractivity contribution in [1.82, 2.24) is 4.90 Å². The van der Waals surface area contributed by atoms with Gasteiger partial charge in [-0.05, 0) is 24.6 Å². The van der Waals surface area contributed by atoms with Crippen molar-refractivity contribution in [1.29, 1.82) is 0 Å². The topological polar surface area (TPSA) is 86.7 Å². The normalized spacial score (nSPS) is 19.7. The number of amides is 2. The Bertz CT molecular complexity index is 590. The summed E-state index contributed by atoms with van der Waals surface area (Å²) in [6, 6.07) is 6.68. The molecule has 2 unspecified atom stereocenters. The third-order valence-corrected chi connectivity index (χ3v) is 3.53. The maximum atomic E-state index is 11.9. The summed E-state index contributed by atoms with van der Waals surface area (Å²) in [4.78, 5) is 35.7. The molecular weight excluding hydrogens is 296 g/mol. The van der Waals surface area contributed by atoms with Gasteiger partial charge in [-0.25, -0.2) is 0 Å². The molecule has 2 N–H and O–H groups in total. The minimum Gasteiger partial charge on any atom is -0.481 e. The highest BCUT2D eigenvalue weighted by Crippen LogP contribution is 2.39. The van der Waals surface area contributed by atoms with E-state index in [1.54, 1.807) is 24.3 Å². The molecule has 1 aliphatic carbocycles. The number of hydrogen-bond acceptors (Lipinski definition) is 3. The van der Waals surface area contributed by atoms with Crippen molar-refractivity contribution in [2.75, 3.05) is 18.9 Å². The Morgan fingerprint density at radius 3 is 2.67 bits per heavy atom. The molecule has 21 heavy (non-hydrogen) atoms. The van der Waals surface area contributed by atoms with E-state index in [2.05, 4.69) is 5.32 Å². The summed E-state index contributed by atoms with van der Waals surface area (Å²) in [5.41, 5.74) is 0.545. The minimum absolute atomic E-state index is 0.131. The van der Waals surface area contributed by atoms with Crippen molar-refractivity contribution in [2.45, 2.75) is 6.42 Å². The van der Waals surface area contributed by atoms with Crippen LogP contribution >= 0.6 is 11.6 Å². The van der Waals surface area contributed by atoms with Gasteiger partial charge in [0.25, 0.3) is 0 Å². The molecular formula is C14H15ClN2O4. The van der Waals surface area contributed by atoms with Gasteiger partial charge in [0.15, 0.2) is 0 Å². The fourth-order valence-electron chi connectivity index (χ4n) is 2.08. The van der Waals surface area contributed by atoms with Crippen LogP contribution in [0.15, 0.2) is 24.3 Å². The predicted molar refractivity (Wildman–Crippen MR) is 77.0 cm³/mol. The number of anilines is 1. The first-order valence-electron chi connectivity index (χ1n) is 6.41. The highest BCUT2D eigenvalue weighted by atomic mass is 35.5. The van der Waals surface area contributed by atoms with Crippen molar-refractivity contribution >= 4 is 35.1 Å². The number of rotatable bonds is 5. The van der Waals surface area contributed by atoms with E-state index < -0.39 is 17.8 Å². The molecule has 0 spiro atoms. The van der Waals surface area contributed by atoms with Gasteiger partial charge < -0.3 is 15.3 Å². The van der Waals surface area contributed by atoms with Crippen LogP contribution in [0.4, 0.5) is 5.69 Å². The summed E-state index contributed by atoms with van der Waals surface area (Å²) in [7, 11) is 1.48. The lowest BCUT2D eigenvalue weighted by Gasteiger charge is -2.16. The van der Waals surface area contributed by atoms with E-state index in [1.165, 1.54) is 11.9 Å². The van der Waals surface area contributed by atoms with Crippen molar-refractivity contribution in [2.24, 2.45) is 11.8 Å². The van der Waals surface area contributed by atoms with Crippen LogP contribution in [0, 0.1) is 11.8 Å². The standard InChI is InChI=1S/C14H15ClN2O4/c1-17(13(19)10-6-11(10)14(20)21)7-12(18)16-9-4-2-3-8(15)5-9/h2-5,10-11H,6-7H2,1H3,(H,16,18)(H,20,21). The lowest BCUT2D eigenvalue weighted by atomic mass is 10.3. The number of carboxylic acids is 1.